The van der Waals surface area contributed by atoms with E-state index >= 15 is 0 Å². The van der Waals surface area contributed by atoms with Gasteiger partial charge in [0.1, 0.15) is 5.78 Å². The molecule has 10 heavy (non-hydrogen) atoms. The lowest BCUT2D eigenvalue weighted by atomic mass is 10.0. The van der Waals surface area contributed by atoms with E-state index in [4.69, 9.17) is 0 Å². The Morgan fingerprint density at radius 2 is 2.20 bits per heavy atom. The molecule has 1 unspecified atom stereocenters. The average molecular weight is 140 g/mol. The number of hydrogen-bond donors (Lipinski definition) is 0. The third-order valence-corrected chi connectivity index (χ3v) is 1.70. The standard InChI is InChI=1S/C9H16O/c1-4-5-6-7-8(2)9(3)10/h4-5,8H,6-7H2,1-3H3. The highest BCUT2D eigenvalue weighted by atomic mass is 16.1. The van der Waals surface area contributed by atoms with Crippen LogP contribution < -0.4 is 0 Å². The summed E-state index contributed by atoms with van der Waals surface area (Å²) in [4.78, 5) is 10.7. The van der Waals surface area contributed by atoms with Crippen LogP contribution >= 0.6 is 0 Å². The highest BCUT2D eigenvalue weighted by Gasteiger charge is 2.04. The van der Waals surface area contributed by atoms with Crippen molar-refractivity contribution in [3.63, 3.8) is 0 Å². The summed E-state index contributed by atoms with van der Waals surface area (Å²) in [5.74, 6) is 0.528. The fourth-order valence-corrected chi connectivity index (χ4v) is 0.716. The Balaban J connectivity index is 3.39. The molecule has 0 aromatic carbocycles. The van der Waals surface area contributed by atoms with Crippen LogP contribution in [0.5, 0.6) is 0 Å². The highest BCUT2D eigenvalue weighted by molar-refractivity contribution is 5.77. The van der Waals surface area contributed by atoms with Crippen molar-refractivity contribution in [1.82, 2.24) is 0 Å². The Morgan fingerprint density at radius 1 is 1.60 bits per heavy atom. The van der Waals surface area contributed by atoms with Gasteiger partial charge in [0.15, 0.2) is 0 Å². The van der Waals surface area contributed by atoms with Gasteiger partial charge in [0.25, 0.3) is 0 Å². The van der Waals surface area contributed by atoms with Crippen molar-refractivity contribution in [3.8, 4) is 0 Å². The van der Waals surface area contributed by atoms with Gasteiger partial charge in [-0.1, -0.05) is 19.1 Å². The van der Waals surface area contributed by atoms with Gasteiger partial charge in [0, 0.05) is 5.92 Å². The van der Waals surface area contributed by atoms with E-state index in [0.29, 0.717) is 5.78 Å². The minimum Gasteiger partial charge on any atom is -0.300 e. The molecule has 0 rings (SSSR count). The van der Waals surface area contributed by atoms with Crippen molar-refractivity contribution >= 4 is 5.78 Å². The molecule has 1 nitrogen and oxygen atoms in total. The highest BCUT2D eigenvalue weighted by Crippen LogP contribution is 2.06. The van der Waals surface area contributed by atoms with Crippen molar-refractivity contribution in [1.29, 1.82) is 0 Å². The van der Waals surface area contributed by atoms with Crippen LogP contribution in [-0.2, 0) is 4.79 Å². The summed E-state index contributed by atoms with van der Waals surface area (Å²) in [6.45, 7) is 5.63. The molecule has 0 aromatic rings. The molecular weight excluding hydrogens is 124 g/mol. The second-order valence-electron chi connectivity index (χ2n) is 2.66. The van der Waals surface area contributed by atoms with Gasteiger partial charge in [-0.05, 0) is 26.7 Å². The van der Waals surface area contributed by atoms with Gasteiger partial charge in [-0.15, -0.1) is 0 Å². The maximum absolute atomic E-state index is 10.7. The minimum absolute atomic E-state index is 0.233. The lowest BCUT2D eigenvalue weighted by Gasteiger charge is -2.02. The van der Waals surface area contributed by atoms with Gasteiger partial charge in [-0.25, -0.2) is 0 Å². The number of carbonyl (C=O) groups is 1. The fraction of sp³-hybridized carbons (Fsp3) is 0.667. The van der Waals surface area contributed by atoms with Crippen LogP contribution in [0.4, 0.5) is 0 Å². The topological polar surface area (TPSA) is 17.1 Å². The molecule has 1 atom stereocenters. The molecule has 0 heterocycles. The maximum atomic E-state index is 10.7. The summed E-state index contributed by atoms with van der Waals surface area (Å²) >= 11 is 0. The summed E-state index contributed by atoms with van der Waals surface area (Å²) in [7, 11) is 0. The zero-order valence-corrected chi connectivity index (χ0v) is 7.05. The smallest absolute Gasteiger partial charge is 0.132 e. The van der Waals surface area contributed by atoms with E-state index in [9.17, 15) is 4.79 Å². The van der Waals surface area contributed by atoms with Crippen LogP contribution in [-0.4, -0.2) is 5.78 Å². The summed E-state index contributed by atoms with van der Waals surface area (Å²) in [5.41, 5.74) is 0. The molecule has 0 fully saturated rings. The largest absolute Gasteiger partial charge is 0.300 e. The van der Waals surface area contributed by atoms with E-state index in [0.717, 1.165) is 12.8 Å². The molecule has 1 heteroatoms. The van der Waals surface area contributed by atoms with Crippen molar-refractivity contribution in [3.05, 3.63) is 12.2 Å². The third kappa shape index (κ3) is 4.30. The molecule has 0 aliphatic heterocycles. The van der Waals surface area contributed by atoms with Crippen LogP contribution in [0.2, 0.25) is 0 Å². The summed E-state index contributed by atoms with van der Waals surface area (Å²) < 4.78 is 0. The van der Waals surface area contributed by atoms with E-state index in [2.05, 4.69) is 6.08 Å². The Kier molecular flexibility index (Phi) is 4.91. The molecule has 0 aliphatic carbocycles. The van der Waals surface area contributed by atoms with Crippen LogP contribution in [0.1, 0.15) is 33.6 Å². The molecule has 0 bridgehead atoms. The van der Waals surface area contributed by atoms with Crippen LogP contribution in [0.3, 0.4) is 0 Å². The molecule has 0 radical (unpaired) electrons. The summed E-state index contributed by atoms with van der Waals surface area (Å²) in [6.07, 6.45) is 6.13. The second kappa shape index (κ2) is 5.21. The maximum Gasteiger partial charge on any atom is 0.132 e. The quantitative estimate of drug-likeness (QED) is 0.548. The second-order valence-corrected chi connectivity index (χ2v) is 2.66. The third-order valence-electron chi connectivity index (χ3n) is 1.70. The molecule has 58 valence electrons. The zero-order valence-electron chi connectivity index (χ0n) is 7.05. The Bertz CT molecular complexity index is 125. The van der Waals surface area contributed by atoms with E-state index in [-0.39, 0.29) is 5.92 Å². The number of hydrogen-bond acceptors (Lipinski definition) is 1. The predicted octanol–water partition coefficient (Wildman–Crippen LogP) is 2.57. The Hall–Kier alpha value is -0.590. The zero-order chi connectivity index (χ0) is 7.98. The van der Waals surface area contributed by atoms with Crippen LogP contribution in [0.25, 0.3) is 0 Å². The number of carbonyl (C=O) groups excluding carboxylic acids is 1. The van der Waals surface area contributed by atoms with Gasteiger partial charge in [-0.2, -0.15) is 0 Å². The SMILES string of the molecule is CC=CCCC(C)C(C)=O. The molecular formula is C9H16O. The lowest BCUT2D eigenvalue weighted by molar-refractivity contribution is -0.120. The lowest BCUT2D eigenvalue weighted by Crippen LogP contribution is -2.04. The van der Waals surface area contributed by atoms with Gasteiger partial charge in [0.05, 0.1) is 0 Å². The van der Waals surface area contributed by atoms with E-state index in [1.807, 2.05) is 19.9 Å². The molecule has 0 amide bonds. The van der Waals surface area contributed by atoms with Crippen molar-refractivity contribution in [2.45, 2.75) is 33.6 Å². The molecule has 0 saturated heterocycles. The number of allylic oxidation sites excluding steroid dienone is 2. The normalized spacial score (nSPS) is 13.9. The first-order chi connectivity index (χ1) is 4.68. The molecule has 0 spiro atoms. The van der Waals surface area contributed by atoms with Gasteiger partial charge < -0.3 is 0 Å². The summed E-state index contributed by atoms with van der Waals surface area (Å²) in [6, 6.07) is 0. The van der Waals surface area contributed by atoms with E-state index < -0.39 is 0 Å². The first-order valence-corrected chi connectivity index (χ1v) is 3.80. The molecule has 0 aliphatic rings. The first-order valence-electron chi connectivity index (χ1n) is 3.80. The van der Waals surface area contributed by atoms with E-state index in [1.165, 1.54) is 0 Å². The minimum atomic E-state index is 0.233. The predicted molar refractivity (Wildman–Crippen MR) is 43.9 cm³/mol. The van der Waals surface area contributed by atoms with Gasteiger partial charge in [-0.3, -0.25) is 4.79 Å². The van der Waals surface area contributed by atoms with Crippen molar-refractivity contribution in [2.75, 3.05) is 0 Å². The molecule has 0 aromatic heterocycles. The van der Waals surface area contributed by atoms with Crippen LogP contribution in [0, 0.1) is 5.92 Å². The van der Waals surface area contributed by atoms with Crippen molar-refractivity contribution < 1.29 is 4.79 Å². The van der Waals surface area contributed by atoms with Gasteiger partial charge in [0.2, 0.25) is 0 Å². The van der Waals surface area contributed by atoms with Crippen molar-refractivity contribution in [2.24, 2.45) is 5.92 Å². The average Bonchev–Trinajstić information content (AvgIpc) is 1.88. The molecule has 0 N–H and O–H groups in total. The first kappa shape index (κ1) is 9.41. The van der Waals surface area contributed by atoms with Gasteiger partial charge >= 0.3 is 0 Å². The fourth-order valence-electron chi connectivity index (χ4n) is 0.716. The Labute approximate surface area is 63.1 Å². The Morgan fingerprint density at radius 3 is 2.60 bits per heavy atom. The number of Topliss-reactive ketones (excluding diaryl/α,β-unsaturated/α-hetero) is 1. The summed E-state index contributed by atoms with van der Waals surface area (Å²) in [5, 5.41) is 0. The van der Waals surface area contributed by atoms with E-state index in [1.54, 1.807) is 6.92 Å². The van der Waals surface area contributed by atoms with Crippen LogP contribution in [0.15, 0.2) is 12.2 Å². The number of ketones is 1. The number of rotatable bonds is 4. The molecule has 0 saturated carbocycles. The monoisotopic (exact) mass is 140 g/mol.